The fraction of sp³-hybridized carbons (Fsp3) is 0.357. The summed E-state index contributed by atoms with van der Waals surface area (Å²) in [5.41, 5.74) is -0.0633. The molecule has 0 atom stereocenters. The summed E-state index contributed by atoms with van der Waals surface area (Å²) >= 11 is 1.48. The third-order valence-electron chi connectivity index (χ3n) is 3.06. The van der Waals surface area contributed by atoms with Crippen LogP contribution in [0.5, 0.6) is 0 Å². The van der Waals surface area contributed by atoms with E-state index in [-0.39, 0.29) is 5.69 Å². The molecule has 7 heteroatoms. The Morgan fingerprint density at radius 1 is 1.14 bits per heavy atom. The molecule has 0 fully saturated rings. The highest BCUT2D eigenvalue weighted by atomic mass is 32.1. The van der Waals surface area contributed by atoms with E-state index in [9.17, 15) is 13.2 Å². The van der Waals surface area contributed by atoms with Gasteiger partial charge in [0.25, 0.3) is 0 Å². The molecule has 1 aromatic heterocycles. The first-order valence-corrected chi connectivity index (χ1v) is 7.45. The molecule has 114 valence electrons. The van der Waals surface area contributed by atoms with Gasteiger partial charge in [0.05, 0.1) is 12.2 Å². The topological polar surface area (TPSA) is 28.2 Å². The molecule has 1 aromatic carbocycles. The van der Waals surface area contributed by atoms with Gasteiger partial charge in [-0.2, -0.15) is 0 Å². The number of halogens is 3. The van der Waals surface area contributed by atoms with E-state index < -0.39 is 17.5 Å². The monoisotopic (exact) mass is 315 g/mol. The van der Waals surface area contributed by atoms with Gasteiger partial charge in [0.2, 0.25) is 0 Å². The zero-order valence-corrected chi connectivity index (χ0v) is 12.6. The van der Waals surface area contributed by atoms with Crippen LogP contribution >= 0.6 is 11.3 Å². The summed E-state index contributed by atoms with van der Waals surface area (Å²) in [6.45, 7) is 6.10. The highest BCUT2D eigenvalue weighted by Gasteiger charge is 2.13. The Labute approximate surface area is 125 Å². The van der Waals surface area contributed by atoms with Crippen LogP contribution in [-0.4, -0.2) is 18.1 Å². The molecule has 2 rings (SSSR count). The van der Waals surface area contributed by atoms with Gasteiger partial charge in [0, 0.05) is 24.2 Å². The van der Waals surface area contributed by atoms with Gasteiger partial charge >= 0.3 is 0 Å². The second-order valence-electron chi connectivity index (χ2n) is 4.36. The molecule has 21 heavy (non-hydrogen) atoms. The standard InChI is InChI=1S/C14H16F3N3S/c1-3-20(4-2)14-19-8-9(21-14)7-18-11-6-5-10(15)12(16)13(11)17/h5-6,8,18H,3-4,7H2,1-2H3. The fourth-order valence-corrected chi connectivity index (χ4v) is 2.84. The van der Waals surface area contributed by atoms with Crippen LogP contribution in [0.25, 0.3) is 0 Å². The lowest BCUT2D eigenvalue weighted by molar-refractivity contribution is 0.449. The maximum atomic E-state index is 13.5. The van der Waals surface area contributed by atoms with Crippen molar-refractivity contribution in [3.8, 4) is 0 Å². The van der Waals surface area contributed by atoms with E-state index in [1.807, 2.05) is 13.8 Å². The lowest BCUT2D eigenvalue weighted by atomic mass is 10.3. The number of nitrogens with zero attached hydrogens (tertiary/aromatic N) is 2. The minimum atomic E-state index is -1.46. The first kappa shape index (κ1) is 15.6. The zero-order chi connectivity index (χ0) is 15.4. The maximum absolute atomic E-state index is 13.5. The number of benzene rings is 1. The van der Waals surface area contributed by atoms with Gasteiger partial charge in [-0.15, -0.1) is 11.3 Å². The van der Waals surface area contributed by atoms with Crippen molar-refractivity contribution < 1.29 is 13.2 Å². The van der Waals surface area contributed by atoms with Crippen molar-refractivity contribution in [1.29, 1.82) is 0 Å². The van der Waals surface area contributed by atoms with Crippen LogP contribution in [0.3, 0.4) is 0 Å². The summed E-state index contributed by atoms with van der Waals surface area (Å²) in [4.78, 5) is 7.29. The van der Waals surface area contributed by atoms with Gasteiger partial charge in [-0.25, -0.2) is 18.2 Å². The normalized spacial score (nSPS) is 10.7. The maximum Gasteiger partial charge on any atom is 0.196 e. The van der Waals surface area contributed by atoms with E-state index in [0.29, 0.717) is 6.54 Å². The van der Waals surface area contributed by atoms with Gasteiger partial charge in [0.15, 0.2) is 22.6 Å². The third-order valence-corrected chi connectivity index (χ3v) is 4.12. The van der Waals surface area contributed by atoms with E-state index in [0.717, 1.165) is 29.2 Å². The van der Waals surface area contributed by atoms with Crippen LogP contribution in [0.15, 0.2) is 18.3 Å². The first-order chi connectivity index (χ1) is 10.1. The number of hydrogen-bond donors (Lipinski definition) is 1. The average molecular weight is 315 g/mol. The molecule has 0 aliphatic heterocycles. The molecule has 1 N–H and O–H groups in total. The quantitative estimate of drug-likeness (QED) is 0.816. The third kappa shape index (κ3) is 3.47. The SMILES string of the molecule is CCN(CC)c1ncc(CNc2ccc(F)c(F)c2F)s1. The molecule has 0 amide bonds. The summed E-state index contributed by atoms with van der Waals surface area (Å²) in [6, 6.07) is 2.08. The van der Waals surface area contributed by atoms with Crippen molar-refractivity contribution in [1.82, 2.24) is 4.98 Å². The van der Waals surface area contributed by atoms with Crippen LogP contribution < -0.4 is 10.2 Å². The Balaban J connectivity index is 2.05. The lowest BCUT2D eigenvalue weighted by Crippen LogP contribution is -2.21. The summed E-state index contributed by atoms with van der Waals surface area (Å²) in [5.74, 6) is -3.86. The number of anilines is 2. The minimum absolute atomic E-state index is 0.0633. The van der Waals surface area contributed by atoms with E-state index in [2.05, 4.69) is 15.2 Å². The molecule has 0 aliphatic rings. The molecular formula is C14H16F3N3S. The van der Waals surface area contributed by atoms with E-state index in [1.54, 1.807) is 6.20 Å². The number of aromatic nitrogens is 1. The number of hydrogen-bond acceptors (Lipinski definition) is 4. The Bertz CT molecular complexity index is 612. The average Bonchev–Trinajstić information content (AvgIpc) is 2.94. The van der Waals surface area contributed by atoms with Gasteiger partial charge in [0.1, 0.15) is 0 Å². The van der Waals surface area contributed by atoms with Gasteiger partial charge in [-0.3, -0.25) is 0 Å². The van der Waals surface area contributed by atoms with Crippen LogP contribution in [0.2, 0.25) is 0 Å². The van der Waals surface area contributed by atoms with E-state index >= 15 is 0 Å². The molecule has 1 heterocycles. The first-order valence-electron chi connectivity index (χ1n) is 6.63. The molecule has 3 nitrogen and oxygen atoms in total. The van der Waals surface area contributed by atoms with Crippen LogP contribution in [-0.2, 0) is 6.54 Å². The Kier molecular flexibility index (Phi) is 5.06. The number of rotatable bonds is 6. The van der Waals surface area contributed by atoms with Crippen LogP contribution in [0.4, 0.5) is 24.0 Å². The summed E-state index contributed by atoms with van der Waals surface area (Å²) in [5, 5.41) is 3.65. The smallest absolute Gasteiger partial charge is 0.196 e. The molecule has 0 saturated carbocycles. The summed E-state index contributed by atoms with van der Waals surface area (Å²) in [6.07, 6.45) is 1.70. The molecule has 0 radical (unpaired) electrons. The Hall–Kier alpha value is -1.76. The van der Waals surface area contributed by atoms with Crippen molar-refractivity contribution >= 4 is 22.2 Å². The van der Waals surface area contributed by atoms with E-state index in [4.69, 9.17) is 0 Å². The zero-order valence-electron chi connectivity index (χ0n) is 11.8. The summed E-state index contributed by atoms with van der Waals surface area (Å²) in [7, 11) is 0. The van der Waals surface area contributed by atoms with Crippen molar-refractivity contribution in [2.75, 3.05) is 23.3 Å². The Morgan fingerprint density at radius 3 is 2.52 bits per heavy atom. The van der Waals surface area contributed by atoms with Gasteiger partial charge in [-0.05, 0) is 26.0 Å². The minimum Gasteiger partial charge on any atom is -0.378 e. The predicted molar refractivity (Wildman–Crippen MR) is 79.3 cm³/mol. The van der Waals surface area contributed by atoms with Crippen LogP contribution in [0.1, 0.15) is 18.7 Å². The lowest BCUT2D eigenvalue weighted by Gasteiger charge is -2.16. The molecule has 2 aromatic rings. The fourth-order valence-electron chi connectivity index (χ4n) is 1.86. The van der Waals surface area contributed by atoms with Crippen molar-refractivity contribution in [3.05, 3.63) is 40.7 Å². The second kappa shape index (κ2) is 6.80. The van der Waals surface area contributed by atoms with E-state index in [1.165, 1.54) is 17.4 Å². The molecule has 0 spiro atoms. The number of nitrogens with one attached hydrogen (secondary N) is 1. The highest BCUT2D eigenvalue weighted by Crippen LogP contribution is 2.24. The van der Waals surface area contributed by atoms with Crippen molar-refractivity contribution in [2.24, 2.45) is 0 Å². The summed E-state index contributed by atoms with van der Waals surface area (Å²) < 4.78 is 39.5. The molecule has 0 bridgehead atoms. The molecule has 0 saturated heterocycles. The second-order valence-corrected chi connectivity index (χ2v) is 5.45. The number of thiazole rings is 1. The van der Waals surface area contributed by atoms with Gasteiger partial charge in [-0.1, -0.05) is 0 Å². The largest absolute Gasteiger partial charge is 0.378 e. The predicted octanol–water partition coefficient (Wildman–Crippen LogP) is 4.02. The molecule has 0 aliphatic carbocycles. The molecular weight excluding hydrogens is 299 g/mol. The van der Waals surface area contributed by atoms with Crippen LogP contribution in [0, 0.1) is 17.5 Å². The Morgan fingerprint density at radius 2 is 1.86 bits per heavy atom. The highest BCUT2D eigenvalue weighted by molar-refractivity contribution is 7.15. The van der Waals surface area contributed by atoms with Crippen molar-refractivity contribution in [2.45, 2.75) is 20.4 Å². The molecule has 0 unspecified atom stereocenters. The van der Waals surface area contributed by atoms with Gasteiger partial charge < -0.3 is 10.2 Å². The van der Waals surface area contributed by atoms with Crippen molar-refractivity contribution in [3.63, 3.8) is 0 Å².